The van der Waals surface area contributed by atoms with Crippen LogP contribution in [-0.4, -0.2) is 34.4 Å². The molecule has 0 aliphatic carbocycles. The molecule has 6 heteroatoms. The molecule has 0 atom stereocenters. The minimum absolute atomic E-state index is 0.174. The molecule has 0 bridgehead atoms. The Balaban J connectivity index is 1.38. The van der Waals surface area contributed by atoms with E-state index in [1.165, 1.54) is 0 Å². The van der Waals surface area contributed by atoms with Gasteiger partial charge in [0, 0.05) is 44.6 Å². The largest absolute Gasteiger partial charge is 0.382 e. The molecule has 2 aromatic carbocycles. The molecule has 0 radical (unpaired) electrons. The van der Waals surface area contributed by atoms with Crippen molar-refractivity contribution >= 4 is 45.3 Å². The fourth-order valence-corrected chi connectivity index (χ4v) is 4.57. The molecule has 0 aliphatic heterocycles. The molecule has 4 aromatic rings. The van der Waals surface area contributed by atoms with Gasteiger partial charge in [-0.15, -0.1) is 0 Å². The van der Waals surface area contributed by atoms with E-state index in [1.807, 2.05) is 50.5 Å². The number of aryl methyl sites for hydroxylation is 2. The number of hydrogen-bond acceptors (Lipinski definition) is 5. The van der Waals surface area contributed by atoms with Crippen LogP contribution in [0.2, 0.25) is 0 Å². The lowest BCUT2D eigenvalue weighted by Crippen LogP contribution is -2.07. The summed E-state index contributed by atoms with van der Waals surface area (Å²) in [6.07, 6.45) is 10.2. The van der Waals surface area contributed by atoms with Gasteiger partial charge in [-0.2, -0.15) is 0 Å². The van der Waals surface area contributed by atoms with Gasteiger partial charge < -0.3 is 15.2 Å². The Hall–Kier alpha value is -3.67. The first kappa shape index (κ1) is 25.4. The van der Waals surface area contributed by atoms with Gasteiger partial charge in [0.05, 0.1) is 11.0 Å². The number of pyridine rings is 1. The summed E-state index contributed by atoms with van der Waals surface area (Å²) in [6.45, 7) is 3.06. The van der Waals surface area contributed by atoms with E-state index < -0.39 is 0 Å². The van der Waals surface area contributed by atoms with Crippen molar-refractivity contribution in [1.82, 2.24) is 14.5 Å². The topological polar surface area (TPSA) is 77.0 Å². The van der Waals surface area contributed by atoms with Gasteiger partial charge in [-0.3, -0.25) is 4.79 Å². The van der Waals surface area contributed by atoms with Gasteiger partial charge in [-0.05, 0) is 49.1 Å². The van der Waals surface area contributed by atoms with Gasteiger partial charge in [0.1, 0.15) is 11.3 Å². The predicted octanol–water partition coefficient (Wildman–Crippen LogP) is 6.42. The average Bonchev–Trinajstić information content (AvgIpc) is 3.25. The Morgan fingerprint density at radius 1 is 1.00 bits per heavy atom. The first-order chi connectivity index (χ1) is 17.5. The van der Waals surface area contributed by atoms with E-state index in [4.69, 9.17) is 10.7 Å². The molecule has 0 unspecified atom stereocenters. The number of nitrogen functional groups attached to an aromatic ring is 1. The Morgan fingerprint density at radius 3 is 2.53 bits per heavy atom. The summed E-state index contributed by atoms with van der Waals surface area (Å²) in [5.74, 6) is 1.75. The Bertz CT molecular complexity index is 1350. The highest BCUT2D eigenvalue weighted by Crippen LogP contribution is 2.29. The van der Waals surface area contributed by atoms with Crippen LogP contribution in [0, 0.1) is 0 Å². The number of ketones is 1. The number of rotatable bonds is 12. The molecule has 2 heterocycles. The van der Waals surface area contributed by atoms with Crippen molar-refractivity contribution in [2.75, 3.05) is 24.7 Å². The molecular formula is C30H37N5O. The lowest BCUT2D eigenvalue weighted by Gasteiger charge is -2.11. The summed E-state index contributed by atoms with van der Waals surface area (Å²) in [5, 5.41) is 1.09. The predicted molar refractivity (Wildman–Crippen MR) is 151 cm³/mol. The van der Waals surface area contributed by atoms with Crippen LogP contribution in [0.15, 0.2) is 54.6 Å². The minimum Gasteiger partial charge on any atom is -0.382 e. The maximum atomic E-state index is 12.4. The molecule has 0 amide bonds. The highest BCUT2D eigenvalue weighted by atomic mass is 16.1. The molecule has 0 spiro atoms. The lowest BCUT2D eigenvalue weighted by molar-refractivity contribution is -0.114. The van der Waals surface area contributed by atoms with Crippen molar-refractivity contribution in [3.05, 3.63) is 66.0 Å². The second-order valence-electron chi connectivity index (χ2n) is 9.59. The number of carbonyl (C=O) groups is 1. The minimum atomic E-state index is 0.174. The molecule has 188 valence electrons. The lowest BCUT2D eigenvalue weighted by atomic mass is 10.1. The number of aromatic nitrogens is 3. The molecular weight excluding hydrogens is 446 g/mol. The summed E-state index contributed by atoms with van der Waals surface area (Å²) < 4.78 is 2.34. The number of fused-ring (bicyclic) bond motifs is 3. The number of nitrogens with zero attached hydrogens (tertiary/aromatic N) is 4. The van der Waals surface area contributed by atoms with Crippen LogP contribution in [0.25, 0.3) is 28.0 Å². The SMILES string of the molecule is CCCCc1nc2c(N)nc3ccccc3c2n1CCCCCC(=O)/C=C/c1ccc(N(C)C)cc1. The molecule has 0 fully saturated rings. The second kappa shape index (κ2) is 11.8. The van der Waals surface area contributed by atoms with Gasteiger partial charge in [-0.1, -0.05) is 56.2 Å². The smallest absolute Gasteiger partial charge is 0.155 e. The molecule has 4 rings (SSSR count). The zero-order valence-corrected chi connectivity index (χ0v) is 21.7. The van der Waals surface area contributed by atoms with Crippen LogP contribution in [0.3, 0.4) is 0 Å². The van der Waals surface area contributed by atoms with E-state index in [-0.39, 0.29) is 5.78 Å². The molecule has 6 nitrogen and oxygen atoms in total. The third kappa shape index (κ3) is 5.93. The third-order valence-corrected chi connectivity index (χ3v) is 6.62. The number of imidazole rings is 1. The zero-order valence-electron chi connectivity index (χ0n) is 21.7. The average molecular weight is 484 g/mol. The van der Waals surface area contributed by atoms with Crippen LogP contribution < -0.4 is 10.6 Å². The summed E-state index contributed by atoms with van der Waals surface area (Å²) >= 11 is 0. The summed E-state index contributed by atoms with van der Waals surface area (Å²) in [5.41, 5.74) is 11.3. The number of allylic oxidation sites excluding steroid dienone is 1. The molecule has 2 aromatic heterocycles. The van der Waals surface area contributed by atoms with Crippen LogP contribution in [0.1, 0.15) is 56.8 Å². The first-order valence-electron chi connectivity index (χ1n) is 13.0. The van der Waals surface area contributed by atoms with Crippen LogP contribution in [0.4, 0.5) is 11.5 Å². The monoisotopic (exact) mass is 483 g/mol. The number of carbonyl (C=O) groups excluding carboxylic acids is 1. The standard InChI is InChI=1S/C30H37N5O/c1-4-5-14-27-33-28-29(25-12-8-9-13-26(25)32-30(28)31)35(27)21-10-6-7-11-24(36)20-17-22-15-18-23(19-16-22)34(2)3/h8-9,12-13,15-20H,4-7,10-11,14,21H2,1-3H3,(H2,31,32)/b20-17+. The summed E-state index contributed by atoms with van der Waals surface area (Å²) in [6, 6.07) is 16.3. The van der Waals surface area contributed by atoms with E-state index in [2.05, 4.69) is 39.6 Å². The van der Waals surface area contributed by atoms with E-state index >= 15 is 0 Å². The Morgan fingerprint density at radius 2 is 1.78 bits per heavy atom. The van der Waals surface area contributed by atoms with E-state index in [1.54, 1.807) is 6.08 Å². The van der Waals surface area contributed by atoms with Crippen molar-refractivity contribution in [3.8, 4) is 0 Å². The highest BCUT2D eigenvalue weighted by Gasteiger charge is 2.16. The number of nitrogens with two attached hydrogens (primary N) is 1. The van der Waals surface area contributed by atoms with Gasteiger partial charge in [0.2, 0.25) is 0 Å². The summed E-state index contributed by atoms with van der Waals surface area (Å²) in [7, 11) is 4.04. The normalized spacial score (nSPS) is 11.6. The number of anilines is 2. The van der Waals surface area contributed by atoms with Crippen LogP contribution in [-0.2, 0) is 17.8 Å². The maximum Gasteiger partial charge on any atom is 0.155 e. The van der Waals surface area contributed by atoms with Crippen molar-refractivity contribution in [1.29, 1.82) is 0 Å². The highest BCUT2D eigenvalue weighted by molar-refractivity contribution is 6.06. The number of hydrogen-bond donors (Lipinski definition) is 1. The molecule has 0 saturated carbocycles. The van der Waals surface area contributed by atoms with Gasteiger partial charge in [0.25, 0.3) is 0 Å². The van der Waals surface area contributed by atoms with E-state index in [0.717, 1.165) is 84.1 Å². The number of para-hydroxylation sites is 1. The Labute approximate surface area is 213 Å². The Kier molecular flexibility index (Phi) is 8.36. The first-order valence-corrected chi connectivity index (χ1v) is 13.0. The van der Waals surface area contributed by atoms with Gasteiger partial charge >= 0.3 is 0 Å². The van der Waals surface area contributed by atoms with Crippen molar-refractivity contribution in [2.45, 2.75) is 58.4 Å². The molecule has 2 N–H and O–H groups in total. The van der Waals surface area contributed by atoms with E-state index in [0.29, 0.717) is 12.2 Å². The van der Waals surface area contributed by atoms with Crippen LogP contribution in [0.5, 0.6) is 0 Å². The van der Waals surface area contributed by atoms with Gasteiger partial charge in [-0.25, -0.2) is 9.97 Å². The molecule has 0 saturated heterocycles. The van der Waals surface area contributed by atoms with Gasteiger partial charge in [0.15, 0.2) is 11.6 Å². The fraction of sp³-hybridized carbons (Fsp3) is 0.367. The fourth-order valence-electron chi connectivity index (χ4n) is 4.57. The number of unbranched alkanes of at least 4 members (excludes halogenated alkanes) is 3. The number of benzene rings is 2. The quantitative estimate of drug-likeness (QED) is 0.186. The van der Waals surface area contributed by atoms with Crippen molar-refractivity contribution in [2.24, 2.45) is 0 Å². The van der Waals surface area contributed by atoms with Crippen LogP contribution >= 0.6 is 0 Å². The maximum absolute atomic E-state index is 12.4. The second-order valence-corrected chi connectivity index (χ2v) is 9.59. The van der Waals surface area contributed by atoms with Crippen molar-refractivity contribution in [3.63, 3.8) is 0 Å². The third-order valence-electron chi connectivity index (χ3n) is 6.62. The zero-order chi connectivity index (χ0) is 25.5. The molecule has 0 aliphatic rings. The summed E-state index contributed by atoms with van der Waals surface area (Å²) in [4.78, 5) is 23.9. The molecule has 36 heavy (non-hydrogen) atoms. The van der Waals surface area contributed by atoms with Crippen molar-refractivity contribution < 1.29 is 4.79 Å². The van der Waals surface area contributed by atoms with E-state index in [9.17, 15) is 4.79 Å².